The molecule has 0 saturated carbocycles. The number of rotatable bonds is 5. The molecule has 0 bridgehead atoms. The highest BCUT2D eigenvalue weighted by Gasteiger charge is 2.33. The van der Waals surface area contributed by atoms with E-state index in [1.165, 1.54) is 14.0 Å². The lowest BCUT2D eigenvalue weighted by Gasteiger charge is -2.33. The minimum atomic E-state index is -3.60. The van der Waals surface area contributed by atoms with Gasteiger partial charge in [-0.05, 0) is 41.7 Å². The third-order valence-electron chi connectivity index (χ3n) is 5.47. The Morgan fingerprint density at radius 3 is 2.10 bits per heavy atom. The van der Waals surface area contributed by atoms with E-state index in [1.807, 2.05) is 54.6 Å². The quantitative estimate of drug-likeness (QED) is 0.711. The SMILES string of the molecule is O=S(=O)(/C=C/c1ccccc1)N1CCN(S(=O)(=O)C2=Cc3ccccc3CC2)CC1. The Morgan fingerprint density at radius 1 is 0.733 bits per heavy atom. The summed E-state index contributed by atoms with van der Waals surface area (Å²) in [7, 11) is -7.20. The van der Waals surface area contributed by atoms with Gasteiger partial charge < -0.3 is 0 Å². The number of nitrogens with zero attached hydrogens (tertiary/aromatic N) is 2. The third kappa shape index (κ3) is 4.41. The molecular formula is C22H24N2O4S2. The van der Waals surface area contributed by atoms with Crippen molar-refractivity contribution in [3.63, 3.8) is 0 Å². The fraction of sp³-hybridized carbons (Fsp3) is 0.273. The average molecular weight is 445 g/mol. The van der Waals surface area contributed by atoms with Crippen LogP contribution in [0.15, 0.2) is 64.9 Å². The van der Waals surface area contributed by atoms with Crippen LogP contribution in [-0.4, -0.2) is 51.6 Å². The van der Waals surface area contributed by atoms with Gasteiger partial charge in [0.2, 0.25) is 20.0 Å². The van der Waals surface area contributed by atoms with E-state index >= 15 is 0 Å². The van der Waals surface area contributed by atoms with Crippen LogP contribution in [0.2, 0.25) is 0 Å². The largest absolute Gasteiger partial charge is 0.239 e. The normalized spacial score (nSPS) is 18.9. The van der Waals surface area contributed by atoms with Gasteiger partial charge in [0, 0.05) is 31.6 Å². The first kappa shape index (κ1) is 21.0. The summed E-state index contributed by atoms with van der Waals surface area (Å²) in [6.07, 6.45) is 4.47. The molecule has 1 aliphatic carbocycles. The lowest BCUT2D eigenvalue weighted by molar-refractivity contribution is 0.276. The molecule has 8 heteroatoms. The fourth-order valence-electron chi connectivity index (χ4n) is 3.75. The van der Waals surface area contributed by atoms with Crippen LogP contribution in [0.1, 0.15) is 23.1 Å². The molecule has 6 nitrogen and oxygen atoms in total. The van der Waals surface area contributed by atoms with Gasteiger partial charge in [-0.3, -0.25) is 0 Å². The van der Waals surface area contributed by atoms with Crippen molar-refractivity contribution < 1.29 is 16.8 Å². The number of benzene rings is 2. The second-order valence-corrected chi connectivity index (χ2v) is 11.2. The highest BCUT2D eigenvalue weighted by atomic mass is 32.2. The Morgan fingerprint density at radius 2 is 1.37 bits per heavy atom. The van der Waals surface area contributed by atoms with Gasteiger partial charge in [0.15, 0.2) is 0 Å². The van der Waals surface area contributed by atoms with Crippen molar-refractivity contribution in [2.75, 3.05) is 26.2 Å². The van der Waals surface area contributed by atoms with E-state index in [2.05, 4.69) is 0 Å². The first-order valence-corrected chi connectivity index (χ1v) is 12.8. The standard InChI is InChI=1S/C22H24N2O4S2/c25-29(26,17-12-19-6-2-1-3-7-19)23-13-15-24(16-14-23)30(27,28)22-11-10-20-8-4-5-9-21(20)18-22/h1-9,12,17-18H,10-11,13-16H2/b17-12+. The van der Waals surface area contributed by atoms with E-state index < -0.39 is 20.0 Å². The Bertz CT molecular complexity index is 1180. The molecule has 2 aromatic carbocycles. The van der Waals surface area contributed by atoms with Crippen LogP contribution in [0.3, 0.4) is 0 Å². The van der Waals surface area contributed by atoms with E-state index in [-0.39, 0.29) is 26.2 Å². The average Bonchev–Trinajstić information content (AvgIpc) is 2.78. The number of aryl methyl sites for hydroxylation is 1. The molecule has 0 radical (unpaired) electrons. The molecule has 0 spiro atoms. The first-order valence-electron chi connectivity index (χ1n) is 9.88. The van der Waals surface area contributed by atoms with E-state index in [1.54, 1.807) is 12.2 Å². The van der Waals surface area contributed by atoms with Gasteiger partial charge in [-0.15, -0.1) is 0 Å². The monoisotopic (exact) mass is 444 g/mol. The molecule has 1 fully saturated rings. The van der Waals surface area contributed by atoms with Gasteiger partial charge >= 0.3 is 0 Å². The number of fused-ring (bicyclic) bond motifs is 1. The van der Waals surface area contributed by atoms with Gasteiger partial charge in [-0.25, -0.2) is 16.8 Å². The van der Waals surface area contributed by atoms with Crippen molar-refractivity contribution in [3.8, 4) is 0 Å². The third-order valence-corrected chi connectivity index (χ3v) is 9.07. The zero-order chi connectivity index (χ0) is 21.2. The number of hydrogen-bond donors (Lipinski definition) is 0. The van der Waals surface area contributed by atoms with E-state index in [9.17, 15) is 16.8 Å². The highest BCUT2D eigenvalue weighted by Crippen LogP contribution is 2.29. The Balaban J connectivity index is 1.44. The molecule has 4 rings (SSSR count). The fourth-order valence-corrected chi connectivity index (χ4v) is 6.54. The summed E-state index contributed by atoms with van der Waals surface area (Å²) in [6, 6.07) is 17.0. The molecule has 30 heavy (non-hydrogen) atoms. The van der Waals surface area contributed by atoms with Crippen molar-refractivity contribution in [1.82, 2.24) is 8.61 Å². The van der Waals surface area contributed by atoms with Gasteiger partial charge in [-0.1, -0.05) is 54.6 Å². The van der Waals surface area contributed by atoms with Crippen LogP contribution in [0.4, 0.5) is 0 Å². The summed E-state index contributed by atoms with van der Waals surface area (Å²) in [5.41, 5.74) is 2.89. The van der Waals surface area contributed by atoms with Crippen LogP contribution in [0.5, 0.6) is 0 Å². The van der Waals surface area contributed by atoms with E-state index in [0.29, 0.717) is 17.7 Å². The number of sulfonamides is 2. The first-order chi connectivity index (χ1) is 14.4. The summed E-state index contributed by atoms with van der Waals surface area (Å²) >= 11 is 0. The number of hydrogen-bond acceptors (Lipinski definition) is 4. The van der Waals surface area contributed by atoms with Crippen LogP contribution in [0, 0.1) is 0 Å². The van der Waals surface area contributed by atoms with Crippen LogP contribution >= 0.6 is 0 Å². The Hall–Kier alpha value is -2.26. The van der Waals surface area contributed by atoms with Crippen molar-refractivity contribution in [2.24, 2.45) is 0 Å². The minimum absolute atomic E-state index is 0.143. The molecule has 0 N–H and O–H groups in total. The number of allylic oxidation sites excluding steroid dienone is 1. The topological polar surface area (TPSA) is 74.8 Å². The van der Waals surface area contributed by atoms with Crippen molar-refractivity contribution >= 4 is 32.2 Å². The second kappa shape index (κ2) is 8.47. The molecule has 0 amide bonds. The molecule has 1 heterocycles. The molecule has 2 aliphatic rings. The Kier molecular flexibility index (Phi) is 5.92. The molecular weight excluding hydrogens is 420 g/mol. The van der Waals surface area contributed by atoms with Crippen LogP contribution in [0.25, 0.3) is 12.2 Å². The minimum Gasteiger partial charge on any atom is -0.208 e. The van der Waals surface area contributed by atoms with E-state index in [0.717, 1.165) is 16.7 Å². The maximum absolute atomic E-state index is 13.1. The summed E-state index contributed by atoms with van der Waals surface area (Å²) in [5.74, 6) is 0. The Labute approximate surface area is 178 Å². The smallest absolute Gasteiger partial charge is 0.208 e. The highest BCUT2D eigenvalue weighted by molar-refractivity contribution is 7.93. The summed E-state index contributed by atoms with van der Waals surface area (Å²) in [4.78, 5) is 0.404. The summed E-state index contributed by atoms with van der Waals surface area (Å²) in [5, 5.41) is 1.19. The molecule has 0 atom stereocenters. The maximum atomic E-state index is 13.1. The maximum Gasteiger partial charge on any atom is 0.239 e. The van der Waals surface area contributed by atoms with Gasteiger partial charge in [-0.2, -0.15) is 8.61 Å². The predicted octanol–water partition coefficient (Wildman–Crippen LogP) is 2.92. The molecule has 2 aromatic rings. The lowest BCUT2D eigenvalue weighted by atomic mass is 9.98. The van der Waals surface area contributed by atoms with Gasteiger partial charge in [0.05, 0.1) is 4.91 Å². The van der Waals surface area contributed by atoms with Crippen molar-refractivity contribution in [2.45, 2.75) is 12.8 Å². The predicted molar refractivity (Wildman–Crippen MR) is 119 cm³/mol. The molecule has 1 aliphatic heterocycles. The molecule has 158 valence electrons. The zero-order valence-electron chi connectivity index (χ0n) is 16.5. The molecule has 0 unspecified atom stereocenters. The van der Waals surface area contributed by atoms with Crippen molar-refractivity contribution in [1.29, 1.82) is 0 Å². The summed E-state index contributed by atoms with van der Waals surface area (Å²) < 4.78 is 54.2. The van der Waals surface area contributed by atoms with E-state index in [4.69, 9.17) is 0 Å². The second-order valence-electron chi connectivity index (χ2n) is 7.37. The van der Waals surface area contributed by atoms with Gasteiger partial charge in [0.1, 0.15) is 0 Å². The zero-order valence-corrected chi connectivity index (χ0v) is 18.1. The van der Waals surface area contributed by atoms with Crippen LogP contribution < -0.4 is 0 Å². The number of piperazine rings is 1. The molecule has 1 saturated heterocycles. The van der Waals surface area contributed by atoms with Crippen LogP contribution in [-0.2, 0) is 26.5 Å². The van der Waals surface area contributed by atoms with Gasteiger partial charge in [0.25, 0.3) is 0 Å². The van der Waals surface area contributed by atoms with Crippen molar-refractivity contribution in [3.05, 3.63) is 81.6 Å². The molecule has 0 aromatic heterocycles. The summed E-state index contributed by atoms with van der Waals surface area (Å²) in [6.45, 7) is 0.592. The lowest BCUT2D eigenvalue weighted by Crippen LogP contribution is -2.50.